The molecule has 0 saturated carbocycles. The summed E-state index contributed by atoms with van der Waals surface area (Å²) in [6.45, 7) is 11.4. The Kier molecular flexibility index (Phi) is 3.98. The lowest BCUT2D eigenvalue weighted by Gasteiger charge is -2.40. The normalized spacial score (nSPS) is 12.4. The Morgan fingerprint density at radius 2 is 1.92 bits per heavy atom. The highest BCUT2D eigenvalue weighted by atomic mass is 35.5. The molecule has 0 radical (unpaired) electrons. The third-order valence-corrected chi connectivity index (χ3v) is 3.32. The van der Waals surface area contributed by atoms with Crippen LogP contribution in [0, 0.1) is 5.41 Å². The van der Waals surface area contributed by atoms with Gasteiger partial charge in [-0.2, -0.15) is 0 Å². The van der Waals surface area contributed by atoms with Gasteiger partial charge in [-0.25, -0.2) is 0 Å². The molecule has 0 bridgehead atoms. The van der Waals surface area contributed by atoms with E-state index in [4.69, 9.17) is 11.6 Å². The zero-order chi connectivity index (χ0) is 10.7. The zero-order valence-electron chi connectivity index (χ0n) is 8.78. The summed E-state index contributed by atoms with van der Waals surface area (Å²) in [5, 5.41) is 2.86. The highest BCUT2D eigenvalue weighted by molar-refractivity contribution is 6.18. The number of halogens is 1. The maximum absolute atomic E-state index is 11.1. The third-order valence-electron chi connectivity index (χ3n) is 2.65. The SMILES string of the molecule is C=CC(=O)NC(C)(C)C(C)(C)CCl. The van der Waals surface area contributed by atoms with Gasteiger partial charge in [0.2, 0.25) is 5.91 Å². The van der Waals surface area contributed by atoms with E-state index in [1.54, 1.807) is 0 Å². The summed E-state index contributed by atoms with van der Waals surface area (Å²) >= 11 is 5.83. The fourth-order valence-electron chi connectivity index (χ4n) is 0.695. The van der Waals surface area contributed by atoms with Crippen LogP contribution in [-0.2, 0) is 4.79 Å². The van der Waals surface area contributed by atoms with Crippen molar-refractivity contribution in [1.82, 2.24) is 5.32 Å². The van der Waals surface area contributed by atoms with E-state index < -0.39 is 0 Å². The first-order valence-electron chi connectivity index (χ1n) is 4.27. The van der Waals surface area contributed by atoms with Gasteiger partial charge < -0.3 is 5.32 Å². The smallest absolute Gasteiger partial charge is 0.243 e. The van der Waals surface area contributed by atoms with Gasteiger partial charge in [-0.1, -0.05) is 20.4 Å². The van der Waals surface area contributed by atoms with Crippen LogP contribution >= 0.6 is 11.6 Å². The molecular weight excluding hydrogens is 186 g/mol. The number of carbonyl (C=O) groups is 1. The monoisotopic (exact) mass is 203 g/mol. The first-order chi connectivity index (χ1) is 5.77. The summed E-state index contributed by atoms with van der Waals surface area (Å²) in [5.41, 5.74) is -0.479. The predicted octanol–water partition coefficient (Wildman–Crippen LogP) is 2.33. The second kappa shape index (κ2) is 4.14. The summed E-state index contributed by atoms with van der Waals surface area (Å²) in [4.78, 5) is 11.1. The predicted molar refractivity (Wildman–Crippen MR) is 56.9 cm³/mol. The van der Waals surface area contributed by atoms with Crippen molar-refractivity contribution in [2.75, 3.05) is 5.88 Å². The maximum Gasteiger partial charge on any atom is 0.243 e. The number of amides is 1. The molecule has 0 spiro atoms. The number of alkyl halides is 1. The molecule has 0 aliphatic heterocycles. The van der Waals surface area contributed by atoms with Crippen molar-refractivity contribution in [3.05, 3.63) is 12.7 Å². The Bertz CT molecular complexity index is 209. The maximum atomic E-state index is 11.1. The summed E-state index contributed by atoms with van der Waals surface area (Å²) in [6.07, 6.45) is 1.27. The molecule has 0 aliphatic rings. The zero-order valence-corrected chi connectivity index (χ0v) is 9.53. The van der Waals surface area contributed by atoms with Crippen LogP contribution in [0.2, 0.25) is 0 Å². The van der Waals surface area contributed by atoms with Crippen molar-refractivity contribution in [2.24, 2.45) is 5.41 Å². The highest BCUT2D eigenvalue weighted by Gasteiger charge is 2.36. The molecule has 0 aromatic heterocycles. The minimum atomic E-state index is -0.333. The second-order valence-electron chi connectivity index (χ2n) is 4.34. The molecule has 1 amide bonds. The standard InChI is InChI=1S/C10H18ClNO/c1-6-8(13)12-10(4,5)9(2,3)7-11/h6H,1,7H2,2-5H3,(H,12,13). The van der Waals surface area contributed by atoms with Crippen molar-refractivity contribution in [3.8, 4) is 0 Å². The Balaban J connectivity index is 4.56. The molecule has 0 aliphatic carbocycles. The van der Waals surface area contributed by atoms with Gasteiger partial charge in [0.15, 0.2) is 0 Å². The van der Waals surface area contributed by atoms with E-state index >= 15 is 0 Å². The Morgan fingerprint density at radius 1 is 1.46 bits per heavy atom. The lowest BCUT2D eigenvalue weighted by Crippen LogP contribution is -2.54. The molecule has 0 unspecified atom stereocenters. The van der Waals surface area contributed by atoms with Gasteiger partial charge in [0.1, 0.15) is 0 Å². The van der Waals surface area contributed by atoms with E-state index in [9.17, 15) is 4.79 Å². The molecule has 3 heteroatoms. The molecule has 0 aromatic carbocycles. The van der Waals surface area contributed by atoms with Gasteiger partial charge in [0.05, 0.1) is 0 Å². The summed E-state index contributed by atoms with van der Waals surface area (Å²) in [5.74, 6) is 0.334. The van der Waals surface area contributed by atoms with Gasteiger partial charge in [0.25, 0.3) is 0 Å². The molecular formula is C10H18ClNO. The van der Waals surface area contributed by atoms with Crippen LogP contribution in [-0.4, -0.2) is 17.3 Å². The number of carbonyl (C=O) groups excluding carboxylic acids is 1. The molecule has 0 heterocycles. The molecule has 0 saturated heterocycles. The Morgan fingerprint density at radius 3 is 2.23 bits per heavy atom. The minimum absolute atomic E-state index is 0.146. The highest BCUT2D eigenvalue weighted by Crippen LogP contribution is 2.31. The van der Waals surface area contributed by atoms with Crippen molar-refractivity contribution < 1.29 is 4.79 Å². The van der Waals surface area contributed by atoms with Crippen LogP contribution < -0.4 is 5.32 Å². The van der Waals surface area contributed by atoms with E-state index in [0.717, 1.165) is 0 Å². The van der Waals surface area contributed by atoms with Crippen LogP contribution in [0.15, 0.2) is 12.7 Å². The summed E-state index contributed by atoms with van der Waals surface area (Å²) < 4.78 is 0. The number of hydrogen-bond donors (Lipinski definition) is 1. The fourth-order valence-corrected chi connectivity index (χ4v) is 1.03. The average molecular weight is 204 g/mol. The van der Waals surface area contributed by atoms with Crippen molar-refractivity contribution in [1.29, 1.82) is 0 Å². The number of hydrogen-bond acceptors (Lipinski definition) is 1. The van der Waals surface area contributed by atoms with Crippen molar-refractivity contribution >= 4 is 17.5 Å². The van der Waals surface area contributed by atoms with Gasteiger partial charge in [-0.3, -0.25) is 4.79 Å². The van der Waals surface area contributed by atoms with Crippen LogP contribution in [0.25, 0.3) is 0 Å². The van der Waals surface area contributed by atoms with Crippen LogP contribution in [0.3, 0.4) is 0 Å². The first-order valence-corrected chi connectivity index (χ1v) is 4.81. The molecule has 0 rings (SSSR count). The number of nitrogens with one attached hydrogen (secondary N) is 1. The molecule has 0 fully saturated rings. The topological polar surface area (TPSA) is 29.1 Å². The van der Waals surface area contributed by atoms with Crippen LogP contribution in [0.5, 0.6) is 0 Å². The van der Waals surface area contributed by atoms with Crippen LogP contribution in [0.4, 0.5) is 0 Å². The molecule has 0 atom stereocenters. The minimum Gasteiger partial charge on any atom is -0.347 e. The lowest BCUT2D eigenvalue weighted by atomic mass is 9.76. The molecule has 13 heavy (non-hydrogen) atoms. The lowest BCUT2D eigenvalue weighted by molar-refractivity contribution is -0.119. The van der Waals surface area contributed by atoms with E-state index in [-0.39, 0.29) is 16.9 Å². The Hall–Kier alpha value is -0.500. The second-order valence-corrected chi connectivity index (χ2v) is 4.60. The molecule has 2 nitrogen and oxygen atoms in total. The largest absolute Gasteiger partial charge is 0.347 e. The van der Waals surface area contributed by atoms with E-state index in [2.05, 4.69) is 11.9 Å². The van der Waals surface area contributed by atoms with Gasteiger partial charge in [0, 0.05) is 16.8 Å². The van der Waals surface area contributed by atoms with Crippen LogP contribution in [0.1, 0.15) is 27.7 Å². The summed E-state index contributed by atoms with van der Waals surface area (Å²) in [6, 6.07) is 0. The van der Waals surface area contributed by atoms with Crippen molar-refractivity contribution in [2.45, 2.75) is 33.2 Å². The van der Waals surface area contributed by atoms with Gasteiger partial charge in [-0.15, -0.1) is 11.6 Å². The van der Waals surface area contributed by atoms with Gasteiger partial charge in [-0.05, 0) is 19.9 Å². The first kappa shape index (κ1) is 12.5. The van der Waals surface area contributed by atoms with E-state index in [1.165, 1.54) is 6.08 Å². The average Bonchev–Trinajstić information content (AvgIpc) is 2.03. The Labute approximate surface area is 85.3 Å². The molecule has 0 aromatic rings. The molecule has 1 N–H and O–H groups in total. The van der Waals surface area contributed by atoms with Crippen molar-refractivity contribution in [3.63, 3.8) is 0 Å². The summed E-state index contributed by atoms with van der Waals surface area (Å²) in [7, 11) is 0. The van der Waals surface area contributed by atoms with E-state index in [1.807, 2.05) is 27.7 Å². The molecule has 76 valence electrons. The van der Waals surface area contributed by atoms with Gasteiger partial charge >= 0.3 is 0 Å². The van der Waals surface area contributed by atoms with E-state index in [0.29, 0.717) is 5.88 Å². The number of rotatable bonds is 4. The third kappa shape index (κ3) is 3.03. The quantitative estimate of drug-likeness (QED) is 0.552. The fraction of sp³-hybridized carbons (Fsp3) is 0.700.